The van der Waals surface area contributed by atoms with Gasteiger partial charge < -0.3 is 14.8 Å². The van der Waals surface area contributed by atoms with E-state index in [1.165, 1.54) is 6.07 Å². The third-order valence-corrected chi connectivity index (χ3v) is 6.75. The summed E-state index contributed by atoms with van der Waals surface area (Å²) in [5, 5.41) is 11.5. The average Bonchev–Trinajstić information content (AvgIpc) is 3.36. The molecule has 4 rings (SSSR count). The molecule has 3 heterocycles. The highest BCUT2D eigenvalue weighted by molar-refractivity contribution is 6.30. The van der Waals surface area contributed by atoms with Crippen molar-refractivity contribution in [2.75, 3.05) is 6.61 Å². The van der Waals surface area contributed by atoms with E-state index in [9.17, 15) is 23.1 Å². The summed E-state index contributed by atoms with van der Waals surface area (Å²) in [4.78, 5) is 19.5. The molecule has 0 saturated carbocycles. The maximum Gasteiger partial charge on any atom is 0.417 e. The number of rotatable bonds is 7. The van der Waals surface area contributed by atoms with Crippen molar-refractivity contribution in [2.24, 2.45) is 5.92 Å². The molecule has 1 atom stereocenters. The number of carbonyl (C=O) groups is 1. The third kappa shape index (κ3) is 4.91. The van der Waals surface area contributed by atoms with Gasteiger partial charge in [-0.3, -0.25) is 4.79 Å². The van der Waals surface area contributed by atoms with Crippen LogP contribution in [0.5, 0.6) is 5.75 Å². The maximum atomic E-state index is 14.3. The monoisotopic (exact) mass is 508 g/mol. The Hall–Kier alpha value is -2.58. The molecule has 0 radical (unpaired) electrons. The summed E-state index contributed by atoms with van der Waals surface area (Å²) in [5.41, 5.74) is -1.47. The number of alkyl halides is 3. The molecule has 3 aromatic rings. The number of fused-ring (bicyclic) bond motifs is 2. The first-order valence-corrected chi connectivity index (χ1v) is 11.9. The number of ketones is 1. The fraction of sp³-hybridized carbons (Fsp3) is 0.462. The van der Waals surface area contributed by atoms with E-state index in [1.54, 1.807) is 52.0 Å². The number of aliphatic hydroxyl groups is 1. The summed E-state index contributed by atoms with van der Waals surface area (Å²) < 4.78 is 48.7. The van der Waals surface area contributed by atoms with Gasteiger partial charge in [-0.2, -0.15) is 13.2 Å². The number of ether oxygens (including phenoxy) is 1. The van der Waals surface area contributed by atoms with Gasteiger partial charge in [0.1, 0.15) is 11.4 Å². The van der Waals surface area contributed by atoms with Crippen molar-refractivity contribution >= 4 is 28.4 Å². The number of pyridine rings is 1. The lowest BCUT2D eigenvalue weighted by atomic mass is 9.73. The van der Waals surface area contributed by atoms with Crippen LogP contribution in [0.25, 0.3) is 11.0 Å². The minimum atomic E-state index is -4.91. The molecule has 0 fully saturated rings. The lowest BCUT2D eigenvalue weighted by Gasteiger charge is -2.38. The van der Waals surface area contributed by atoms with Gasteiger partial charge in [-0.05, 0) is 47.7 Å². The van der Waals surface area contributed by atoms with Gasteiger partial charge in [0, 0.05) is 35.0 Å². The number of aromatic nitrogens is 2. The molecule has 35 heavy (non-hydrogen) atoms. The number of Topliss-reactive ketones (excluding diaryl/α,β-unsaturated/α-hetero) is 1. The minimum Gasteiger partial charge on any atom is -0.493 e. The zero-order valence-corrected chi connectivity index (χ0v) is 20.8. The Morgan fingerprint density at radius 2 is 1.94 bits per heavy atom. The fourth-order valence-corrected chi connectivity index (χ4v) is 5.01. The Morgan fingerprint density at radius 1 is 1.23 bits per heavy atom. The van der Waals surface area contributed by atoms with E-state index >= 15 is 0 Å². The quantitative estimate of drug-likeness (QED) is 0.373. The summed E-state index contributed by atoms with van der Waals surface area (Å²) >= 11 is 6.25. The summed E-state index contributed by atoms with van der Waals surface area (Å²) in [6, 6.07) is 7.99. The van der Waals surface area contributed by atoms with Crippen molar-refractivity contribution < 1.29 is 27.8 Å². The molecule has 0 amide bonds. The Kier molecular flexibility index (Phi) is 6.43. The van der Waals surface area contributed by atoms with Crippen LogP contribution in [0.1, 0.15) is 61.4 Å². The molecule has 2 N–H and O–H groups in total. The first-order chi connectivity index (χ1) is 16.2. The molecule has 1 unspecified atom stereocenters. The van der Waals surface area contributed by atoms with Gasteiger partial charge in [0.25, 0.3) is 0 Å². The Morgan fingerprint density at radius 3 is 2.60 bits per heavy atom. The van der Waals surface area contributed by atoms with Crippen LogP contribution in [0.4, 0.5) is 13.2 Å². The molecule has 5 nitrogen and oxygen atoms in total. The number of aromatic amines is 1. The van der Waals surface area contributed by atoms with Crippen LogP contribution >= 0.6 is 11.6 Å². The predicted octanol–water partition coefficient (Wildman–Crippen LogP) is 6.19. The number of hydrogen-bond donors (Lipinski definition) is 2. The molecule has 1 aliphatic rings. The Bertz CT molecular complexity index is 1280. The lowest BCUT2D eigenvalue weighted by molar-refractivity contribution is -0.266. The normalized spacial score (nSPS) is 15.8. The van der Waals surface area contributed by atoms with Crippen LogP contribution in [0, 0.1) is 5.92 Å². The Balaban J connectivity index is 1.68. The van der Waals surface area contributed by atoms with Crippen LogP contribution in [0.3, 0.4) is 0 Å². The molecule has 0 saturated heterocycles. The highest BCUT2D eigenvalue weighted by atomic mass is 35.5. The SMILES string of the molecule is CC(C)C(=O)c1ccc2[nH]c(CC(O)(CC(C)(C)c3cc(Cl)cc4c3OCC4)C(F)(F)F)cc2n1. The molecular weight excluding hydrogens is 481 g/mol. The predicted molar refractivity (Wildman–Crippen MR) is 128 cm³/mol. The van der Waals surface area contributed by atoms with Gasteiger partial charge in [0.15, 0.2) is 11.4 Å². The van der Waals surface area contributed by atoms with Crippen LogP contribution in [-0.2, 0) is 18.3 Å². The number of benzene rings is 1. The third-order valence-electron chi connectivity index (χ3n) is 6.53. The summed E-state index contributed by atoms with van der Waals surface area (Å²) in [6.45, 7) is 7.23. The van der Waals surface area contributed by atoms with Crippen molar-refractivity contribution in [1.82, 2.24) is 9.97 Å². The highest BCUT2D eigenvalue weighted by Crippen LogP contribution is 2.47. The maximum absolute atomic E-state index is 14.3. The molecular formula is C26H28ClF3N2O3. The van der Waals surface area contributed by atoms with Crippen LogP contribution in [-0.4, -0.2) is 39.2 Å². The number of halogens is 4. The summed E-state index contributed by atoms with van der Waals surface area (Å²) in [6.07, 6.45) is -5.59. The van der Waals surface area contributed by atoms with E-state index in [0.29, 0.717) is 40.4 Å². The molecule has 2 aromatic heterocycles. The van der Waals surface area contributed by atoms with Crippen molar-refractivity contribution in [3.8, 4) is 5.75 Å². The molecule has 1 aliphatic heterocycles. The van der Waals surface area contributed by atoms with Crippen molar-refractivity contribution in [2.45, 2.75) is 64.1 Å². The highest BCUT2D eigenvalue weighted by Gasteiger charge is 2.56. The van der Waals surface area contributed by atoms with Crippen LogP contribution in [0.2, 0.25) is 5.02 Å². The second-order valence-corrected chi connectivity index (χ2v) is 10.7. The van der Waals surface area contributed by atoms with Gasteiger partial charge in [0.2, 0.25) is 0 Å². The van der Waals surface area contributed by atoms with E-state index in [1.807, 2.05) is 0 Å². The number of H-pyrrole nitrogens is 1. The summed E-state index contributed by atoms with van der Waals surface area (Å²) in [5.74, 6) is 0.133. The number of nitrogens with one attached hydrogen (secondary N) is 1. The molecule has 188 valence electrons. The zero-order chi connectivity index (χ0) is 25.8. The van der Waals surface area contributed by atoms with Gasteiger partial charge in [-0.15, -0.1) is 0 Å². The van der Waals surface area contributed by atoms with E-state index in [-0.39, 0.29) is 23.1 Å². The zero-order valence-electron chi connectivity index (χ0n) is 20.0. The molecule has 9 heteroatoms. The molecule has 0 spiro atoms. The summed E-state index contributed by atoms with van der Waals surface area (Å²) in [7, 11) is 0. The van der Waals surface area contributed by atoms with Crippen LogP contribution in [0.15, 0.2) is 30.3 Å². The van der Waals surface area contributed by atoms with Crippen molar-refractivity contribution in [1.29, 1.82) is 0 Å². The molecule has 0 aliphatic carbocycles. The van der Waals surface area contributed by atoms with E-state index in [0.717, 1.165) is 5.56 Å². The van der Waals surface area contributed by atoms with Gasteiger partial charge >= 0.3 is 6.18 Å². The van der Waals surface area contributed by atoms with Gasteiger partial charge in [-0.1, -0.05) is 39.3 Å². The lowest BCUT2D eigenvalue weighted by Crippen LogP contribution is -2.51. The van der Waals surface area contributed by atoms with Gasteiger partial charge in [-0.25, -0.2) is 4.98 Å². The largest absolute Gasteiger partial charge is 0.493 e. The first kappa shape index (κ1) is 25.5. The number of nitrogens with zero attached hydrogens (tertiary/aromatic N) is 1. The van der Waals surface area contributed by atoms with E-state index < -0.39 is 30.0 Å². The molecule has 0 bridgehead atoms. The standard InChI is InChI=1S/C26H28ClF3N2O3/c1-14(2)22(33)20-6-5-19-21(32-20)11-17(31-19)12-25(34,26(28,29)30)13-24(3,4)18-10-16(27)9-15-7-8-35-23(15)18/h5-6,9-11,14,31,34H,7-8,12-13H2,1-4H3. The smallest absolute Gasteiger partial charge is 0.417 e. The minimum absolute atomic E-state index is 0.153. The van der Waals surface area contributed by atoms with Crippen molar-refractivity contribution in [3.05, 3.63) is 57.9 Å². The number of carbonyl (C=O) groups excluding carboxylic acids is 1. The van der Waals surface area contributed by atoms with Gasteiger partial charge in [0.05, 0.1) is 17.6 Å². The fourth-order valence-electron chi connectivity index (χ4n) is 4.77. The number of hydrogen-bond acceptors (Lipinski definition) is 4. The average molecular weight is 509 g/mol. The van der Waals surface area contributed by atoms with Crippen LogP contribution < -0.4 is 4.74 Å². The molecule has 1 aromatic carbocycles. The Labute approximate surface area is 206 Å². The second-order valence-electron chi connectivity index (χ2n) is 10.2. The second kappa shape index (κ2) is 8.82. The topological polar surface area (TPSA) is 75.2 Å². The first-order valence-electron chi connectivity index (χ1n) is 11.5. The van der Waals surface area contributed by atoms with Crippen molar-refractivity contribution in [3.63, 3.8) is 0 Å². The van der Waals surface area contributed by atoms with E-state index in [2.05, 4.69) is 9.97 Å². The van der Waals surface area contributed by atoms with E-state index in [4.69, 9.17) is 16.3 Å².